The molecule has 5 atom stereocenters. The van der Waals surface area contributed by atoms with E-state index in [1.54, 1.807) is 0 Å². The lowest BCUT2D eigenvalue weighted by molar-refractivity contribution is -0.200. The average Bonchev–Trinajstić information content (AvgIpc) is 3.27. The van der Waals surface area contributed by atoms with Gasteiger partial charge < -0.3 is 29.5 Å². The third kappa shape index (κ3) is 3.94. The van der Waals surface area contributed by atoms with Crippen molar-refractivity contribution in [2.24, 2.45) is 0 Å². The topological polar surface area (TPSA) is 88.4 Å². The summed E-state index contributed by atoms with van der Waals surface area (Å²) in [6.45, 7) is 1.13. The molecule has 1 aliphatic carbocycles. The maximum atomic E-state index is 10.7. The minimum atomic E-state index is -1.24. The Bertz CT molecular complexity index is 961. The number of hydrogen-bond donors (Lipinski definition) is 3. The number of aliphatic hydroxyl groups is 3. The van der Waals surface area contributed by atoms with Crippen LogP contribution in [-0.2, 0) is 24.0 Å². The van der Waals surface area contributed by atoms with Gasteiger partial charge in [-0.3, -0.25) is 0 Å². The molecule has 0 unspecified atom stereocenters. The molecule has 0 spiro atoms. The fourth-order valence-electron chi connectivity index (χ4n) is 4.88. The first-order chi connectivity index (χ1) is 15.0. The highest BCUT2D eigenvalue weighted by Crippen LogP contribution is 2.39. The van der Waals surface area contributed by atoms with E-state index in [0.29, 0.717) is 13.2 Å². The largest absolute Gasteiger partial charge is 0.486 e. The molecule has 5 rings (SSSR count). The Morgan fingerprint density at radius 2 is 1.74 bits per heavy atom. The number of aliphatic hydroxyl groups excluding tert-OH is 3. The molecule has 3 N–H and O–H groups in total. The molecule has 2 aromatic carbocycles. The van der Waals surface area contributed by atoms with Crippen LogP contribution >= 0.6 is 11.8 Å². The van der Waals surface area contributed by atoms with Crippen molar-refractivity contribution in [2.75, 3.05) is 19.5 Å². The number of rotatable bonds is 4. The third-order valence-electron chi connectivity index (χ3n) is 6.46. The van der Waals surface area contributed by atoms with Crippen molar-refractivity contribution < 1.29 is 29.5 Å². The van der Waals surface area contributed by atoms with Gasteiger partial charge >= 0.3 is 0 Å². The highest BCUT2D eigenvalue weighted by Gasteiger charge is 2.44. The molecular weight excluding hydrogens is 416 g/mol. The monoisotopic (exact) mass is 444 g/mol. The van der Waals surface area contributed by atoms with Gasteiger partial charge in [0.05, 0.1) is 0 Å². The summed E-state index contributed by atoms with van der Waals surface area (Å²) in [6.07, 6.45) is 1.49. The van der Waals surface area contributed by atoms with E-state index >= 15 is 0 Å². The van der Waals surface area contributed by atoms with Crippen LogP contribution in [-0.4, -0.2) is 58.5 Å². The van der Waals surface area contributed by atoms with Crippen LogP contribution in [0.1, 0.15) is 40.3 Å². The predicted molar refractivity (Wildman–Crippen MR) is 118 cm³/mol. The first kappa shape index (κ1) is 21.1. The lowest BCUT2D eigenvalue weighted by Gasteiger charge is -2.40. The zero-order valence-electron chi connectivity index (χ0n) is 17.5. The summed E-state index contributed by atoms with van der Waals surface area (Å²) in [4.78, 5) is 0. The van der Waals surface area contributed by atoms with Gasteiger partial charge in [-0.2, -0.15) is 0 Å². The summed E-state index contributed by atoms with van der Waals surface area (Å²) in [5.41, 5.74) is 5.26. The Balaban J connectivity index is 1.48. The minimum Gasteiger partial charge on any atom is -0.486 e. The van der Waals surface area contributed by atoms with Gasteiger partial charge in [0.2, 0.25) is 0 Å². The van der Waals surface area contributed by atoms with Crippen LogP contribution in [0.15, 0.2) is 30.3 Å². The van der Waals surface area contributed by atoms with Gasteiger partial charge in [-0.05, 0) is 71.9 Å². The predicted octanol–water partition coefficient (Wildman–Crippen LogP) is 2.38. The van der Waals surface area contributed by atoms with Crippen molar-refractivity contribution in [2.45, 2.75) is 55.5 Å². The summed E-state index contributed by atoms with van der Waals surface area (Å²) in [7, 11) is 0. The molecule has 2 aromatic rings. The molecule has 1 fully saturated rings. The summed E-state index contributed by atoms with van der Waals surface area (Å²) in [6, 6.07) is 10.3. The fraction of sp³-hybridized carbons (Fsp3) is 0.500. The Hall–Kier alpha value is -1.77. The van der Waals surface area contributed by atoms with Crippen molar-refractivity contribution >= 4 is 11.8 Å². The summed E-state index contributed by atoms with van der Waals surface area (Å²) in [5, 5.41) is 31.2. The molecular formula is C24H28O6S. The van der Waals surface area contributed by atoms with Crippen molar-refractivity contribution in [3.05, 3.63) is 58.1 Å². The van der Waals surface area contributed by atoms with E-state index in [9.17, 15) is 15.3 Å². The average molecular weight is 445 g/mol. The first-order valence-corrected chi connectivity index (χ1v) is 12.1. The van der Waals surface area contributed by atoms with E-state index in [-0.39, 0.29) is 0 Å². The molecule has 0 amide bonds. The highest BCUT2D eigenvalue weighted by molar-refractivity contribution is 7.99. The lowest BCUT2D eigenvalue weighted by atomic mass is 9.89. The third-order valence-corrected chi connectivity index (χ3v) is 7.32. The maximum absolute atomic E-state index is 10.7. The maximum Gasteiger partial charge on any atom is 0.161 e. The summed E-state index contributed by atoms with van der Waals surface area (Å²) < 4.78 is 17.4. The number of benzene rings is 2. The van der Waals surface area contributed by atoms with E-state index in [2.05, 4.69) is 18.2 Å². The van der Waals surface area contributed by atoms with Crippen LogP contribution in [0.4, 0.5) is 0 Å². The quantitative estimate of drug-likeness (QED) is 0.667. The summed E-state index contributed by atoms with van der Waals surface area (Å²) >= 11 is 1.33. The molecule has 3 aliphatic rings. The molecule has 166 valence electrons. The van der Waals surface area contributed by atoms with Gasteiger partial charge in [-0.1, -0.05) is 18.2 Å². The zero-order valence-corrected chi connectivity index (χ0v) is 18.3. The van der Waals surface area contributed by atoms with Crippen LogP contribution < -0.4 is 9.47 Å². The van der Waals surface area contributed by atoms with E-state index in [4.69, 9.17) is 14.2 Å². The Kier molecular flexibility index (Phi) is 5.88. The van der Waals surface area contributed by atoms with Gasteiger partial charge in [0.25, 0.3) is 0 Å². The minimum absolute atomic E-state index is 0.559. The van der Waals surface area contributed by atoms with Crippen LogP contribution in [0.25, 0.3) is 0 Å². The number of thioether (sulfide) groups is 1. The zero-order chi connectivity index (χ0) is 21.5. The summed E-state index contributed by atoms with van der Waals surface area (Å²) in [5.74, 6) is 1.56. The Morgan fingerprint density at radius 3 is 2.55 bits per heavy atom. The number of ether oxygens (including phenoxy) is 3. The van der Waals surface area contributed by atoms with E-state index in [1.807, 2.05) is 18.4 Å². The molecule has 1 saturated heterocycles. The van der Waals surface area contributed by atoms with Gasteiger partial charge in [0, 0.05) is 0 Å². The second-order valence-electron chi connectivity index (χ2n) is 8.46. The van der Waals surface area contributed by atoms with Gasteiger partial charge in [-0.15, -0.1) is 11.8 Å². The molecule has 7 heteroatoms. The van der Waals surface area contributed by atoms with Crippen LogP contribution in [0.3, 0.4) is 0 Å². The molecule has 0 saturated carbocycles. The molecule has 0 bridgehead atoms. The lowest BCUT2D eigenvalue weighted by Crippen LogP contribution is -2.52. The molecule has 2 aliphatic heterocycles. The van der Waals surface area contributed by atoms with Crippen LogP contribution in [0.5, 0.6) is 11.5 Å². The number of fused-ring (bicyclic) bond motifs is 2. The Morgan fingerprint density at radius 1 is 0.935 bits per heavy atom. The van der Waals surface area contributed by atoms with Crippen LogP contribution in [0.2, 0.25) is 0 Å². The molecule has 31 heavy (non-hydrogen) atoms. The Labute approximate surface area is 186 Å². The fourth-order valence-corrected chi connectivity index (χ4v) is 5.55. The van der Waals surface area contributed by atoms with Gasteiger partial charge in [-0.25, -0.2) is 0 Å². The standard InChI is InChI=1S/C24H28O6S/c1-31-24-22(27)20(25)21(26)23(30-24)16-11-14-3-2-4-17(14)15(12-16)9-13-5-6-18-19(10-13)29-8-7-28-18/h5-6,10-12,20-27H,2-4,7-9H2,1H3/t20-,21-,22+,23+,24-/m1/s1. The van der Waals surface area contributed by atoms with E-state index < -0.39 is 29.9 Å². The van der Waals surface area contributed by atoms with E-state index in [0.717, 1.165) is 48.3 Å². The SMILES string of the molecule is CS[C@H]1O[C@@H](c2cc3c(c(Cc4ccc5c(c4)OCCO5)c2)CCC3)[C@H](O)[C@@H](O)[C@@H]1O. The number of aryl methyl sites for hydroxylation is 1. The molecule has 2 heterocycles. The smallest absolute Gasteiger partial charge is 0.161 e. The first-order valence-electron chi connectivity index (χ1n) is 10.8. The second kappa shape index (κ2) is 8.64. The van der Waals surface area contributed by atoms with Crippen molar-refractivity contribution in [3.8, 4) is 11.5 Å². The van der Waals surface area contributed by atoms with Crippen molar-refractivity contribution in [3.63, 3.8) is 0 Å². The van der Waals surface area contributed by atoms with E-state index in [1.165, 1.54) is 28.5 Å². The second-order valence-corrected chi connectivity index (χ2v) is 9.39. The van der Waals surface area contributed by atoms with Gasteiger partial charge in [0.1, 0.15) is 43.1 Å². The number of hydrogen-bond acceptors (Lipinski definition) is 7. The van der Waals surface area contributed by atoms with Crippen molar-refractivity contribution in [1.29, 1.82) is 0 Å². The molecule has 6 nitrogen and oxygen atoms in total. The van der Waals surface area contributed by atoms with Crippen LogP contribution in [0, 0.1) is 0 Å². The molecule has 0 radical (unpaired) electrons. The van der Waals surface area contributed by atoms with Crippen molar-refractivity contribution in [1.82, 2.24) is 0 Å². The normalized spacial score (nSPS) is 29.6. The molecule has 0 aromatic heterocycles. The van der Waals surface area contributed by atoms with Gasteiger partial charge in [0.15, 0.2) is 11.5 Å². The highest BCUT2D eigenvalue weighted by atomic mass is 32.2.